The van der Waals surface area contributed by atoms with Crippen molar-refractivity contribution in [3.05, 3.63) is 44.8 Å². The zero-order chi connectivity index (χ0) is 23.6. The van der Waals surface area contributed by atoms with E-state index < -0.39 is 27.8 Å². The highest BCUT2D eigenvalue weighted by Gasteiger charge is 2.31. The summed E-state index contributed by atoms with van der Waals surface area (Å²) in [6.07, 6.45) is 3.13. The average Bonchev–Trinajstić information content (AvgIpc) is 3.20. The quantitative estimate of drug-likeness (QED) is 0.456. The number of hydrogen-bond acceptors (Lipinski definition) is 7. The number of amides is 1. The van der Waals surface area contributed by atoms with Crippen LogP contribution in [-0.2, 0) is 24.2 Å². The SMILES string of the molecule is Cc1nn(C2CCS(=O)(=O)C2)c(Cl)c1C=CC(=O)OC(C)C(=O)Nc1ncc(Cl)cc1Cl. The number of hydrogen-bond donors (Lipinski definition) is 1. The second kappa shape index (κ2) is 9.78. The monoisotopic (exact) mass is 520 g/mol. The van der Waals surface area contributed by atoms with E-state index in [1.54, 1.807) is 6.92 Å². The number of pyridine rings is 1. The first kappa shape index (κ1) is 24.5. The smallest absolute Gasteiger partial charge is 0.331 e. The standard InChI is InChI=1S/C19H19Cl3N4O5S/c1-10-14(17(22)26(25-10)13-5-6-32(29,30)9-13)3-4-16(27)31-11(2)19(28)24-18-15(21)7-12(20)8-23-18/h3-4,7-8,11,13H,5-6,9H2,1-2H3,(H,23,24,28). The number of sulfone groups is 1. The fraction of sp³-hybridized carbons (Fsp3) is 0.368. The summed E-state index contributed by atoms with van der Waals surface area (Å²) in [7, 11) is -3.11. The molecule has 172 valence electrons. The van der Waals surface area contributed by atoms with Gasteiger partial charge in [0.05, 0.1) is 33.3 Å². The van der Waals surface area contributed by atoms with Gasteiger partial charge in [0.1, 0.15) is 5.15 Å². The molecule has 0 aromatic carbocycles. The normalized spacial score (nSPS) is 18.6. The van der Waals surface area contributed by atoms with Gasteiger partial charge in [-0.15, -0.1) is 0 Å². The number of rotatable bonds is 6. The molecule has 13 heteroatoms. The first-order chi connectivity index (χ1) is 15.0. The third-order valence-corrected chi connectivity index (χ3v) is 7.34. The van der Waals surface area contributed by atoms with Gasteiger partial charge >= 0.3 is 5.97 Å². The number of aryl methyl sites for hydroxylation is 1. The Hall–Kier alpha value is -2.14. The molecule has 2 unspecified atom stereocenters. The molecule has 2 aromatic rings. The molecule has 2 atom stereocenters. The van der Waals surface area contributed by atoms with E-state index in [2.05, 4.69) is 15.4 Å². The van der Waals surface area contributed by atoms with Gasteiger partial charge < -0.3 is 10.1 Å². The summed E-state index contributed by atoms with van der Waals surface area (Å²) in [5.41, 5.74) is 0.986. The van der Waals surface area contributed by atoms with Crippen LogP contribution in [0.2, 0.25) is 15.2 Å². The van der Waals surface area contributed by atoms with Crippen molar-refractivity contribution in [3.63, 3.8) is 0 Å². The van der Waals surface area contributed by atoms with Gasteiger partial charge in [-0.1, -0.05) is 34.8 Å². The first-order valence-electron chi connectivity index (χ1n) is 9.42. The fourth-order valence-electron chi connectivity index (χ4n) is 3.07. The number of carbonyl (C=O) groups excluding carboxylic acids is 2. The Labute approximate surface area is 199 Å². The molecule has 0 bridgehead atoms. The van der Waals surface area contributed by atoms with Crippen molar-refractivity contribution in [1.29, 1.82) is 0 Å². The third kappa shape index (κ3) is 5.80. The zero-order valence-corrected chi connectivity index (χ0v) is 20.1. The van der Waals surface area contributed by atoms with Crippen molar-refractivity contribution in [3.8, 4) is 0 Å². The average molecular weight is 522 g/mol. The number of ether oxygens (including phenoxy) is 1. The molecule has 1 amide bonds. The first-order valence-corrected chi connectivity index (χ1v) is 12.4. The predicted molar refractivity (Wildman–Crippen MR) is 122 cm³/mol. The summed E-state index contributed by atoms with van der Waals surface area (Å²) in [5, 5.41) is 7.44. The molecule has 0 saturated carbocycles. The van der Waals surface area contributed by atoms with E-state index in [1.165, 1.54) is 29.9 Å². The number of carbonyl (C=O) groups is 2. The largest absolute Gasteiger partial charge is 0.449 e. The molecule has 1 aliphatic rings. The van der Waals surface area contributed by atoms with Gasteiger partial charge in [-0.05, 0) is 32.4 Å². The lowest BCUT2D eigenvalue weighted by Gasteiger charge is -2.12. The molecule has 1 saturated heterocycles. The number of esters is 1. The minimum absolute atomic E-state index is 0.0296. The molecule has 0 spiro atoms. The van der Waals surface area contributed by atoms with Crippen LogP contribution in [0.5, 0.6) is 0 Å². The summed E-state index contributed by atoms with van der Waals surface area (Å²) in [6.45, 7) is 3.08. The number of nitrogens with zero attached hydrogens (tertiary/aromatic N) is 3. The fourth-order valence-corrected chi connectivity index (χ4v) is 5.57. The maximum Gasteiger partial charge on any atom is 0.331 e. The Morgan fingerprint density at radius 2 is 2.06 bits per heavy atom. The second-order valence-corrected chi connectivity index (χ2v) is 10.6. The summed E-state index contributed by atoms with van der Waals surface area (Å²) in [6, 6.07) is 1.07. The van der Waals surface area contributed by atoms with Crippen LogP contribution in [0.15, 0.2) is 18.3 Å². The van der Waals surface area contributed by atoms with Crippen molar-refractivity contribution in [1.82, 2.24) is 14.8 Å². The molecule has 2 aromatic heterocycles. The van der Waals surface area contributed by atoms with Crippen LogP contribution in [0.4, 0.5) is 5.82 Å². The molecule has 1 fully saturated rings. The van der Waals surface area contributed by atoms with E-state index >= 15 is 0 Å². The van der Waals surface area contributed by atoms with Crippen LogP contribution in [0.1, 0.15) is 30.6 Å². The van der Waals surface area contributed by atoms with Crippen LogP contribution in [-0.4, -0.2) is 52.7 Å². The second-order valence-electron chi connectivity index (χ2n) is 7.18. The van der Waals surface area contributed by atoms with Crippen LogP contribution in [0, 0.1) is 6.92 Å². The van der Waals surface area contributed by atoms with Gasteiger partial charge in [0.15, 0.2) is 21.8 Å². The van der Waals surface area contributed by atoms with Crippen molar-refractivity contribution >= 4 is 68.4 Å². The van der Waals surface area contributed by atoms with Crippen LogP contribution in [0.3, 0.4) is 0 Å². The molecule has 0 aliphatic carbocycles. The molecular formula is C19H19Cl3N4O5S. The van der Waals surface area contributed by atoms with Crippen LogP contribution in [0.25, 0.3) is 6.08 Å². The van der Waals surface area contributed by atoms with Crippen molar-refractivity contribution in [2.24, 2.45) is 0 Å². The van der Waals surface area contributed by atoms with Gasteiger partial charge in [-0.3, -0.25) is 4.79 Å². The van der Waals surface area contributed by atoms with Gasteiger partial charge in [0, 0.05) is 17.8 Å². The predicted octanol–water partition coefficient (Wildman–Crippen LogP) is 3.49. The number of aromatic nitrogens is 3. The van der Waals surface area contributed by atoms with Crippen LogP contribution < -0.4 is 5.32 Å². The Kier molecular flexibility index (Phi) is 7.49. The molecule has 3 rings (SSSR count). The molecule has 3 heterocycles. The highest BCUT2D eigenvalue weighted by atomic mass is 35.5. The van der Waals surface area contributed by atoms with E-state index in [9.17, 15) is 18.0 Å². The minimum atomic E-state index is -3.11. The number of anilines is 1. The topological polar surface area (TPSA) is 120 Å². The highest BCUT2D eigenvalue weighted by molar-refractivity contribution is 7.91. The highest BCUT2D eigenvalue weighted by Crippen LogP contribution is 2.30. The molecular weight excluding hydrogens is 503 g/mol. The molecule has 0 radical (unpaired) electrons. The molecule has 9 nitrogen and oxygen atoms in total. The summed E-state index contributed by atoms with van der Waals surface area (Å²) >= 11 is 18.1. The number of halogens is 3. The summed E-state index contributed by atoms with van der Waals surface area (Å²) < 4.78 is 30.0. The minimum Gasteiger partial charge on any atom is -0.449 e. The van der Waals surface area contributed by atoms with Gasteiger partial charge in [-0.2, -0.15) is 5.10 Å². The zero-order valence-electron chi connectivity index (χ0n) is 17.0. The van der Waals surface area contributed by atoms with Crippen molar-refractivity contribution in [2.45, 2.75) is 32.4 Å². The maximum atomic E-state index is 12.2. The maximum absolute atomic E-state index is 12.2. The lowest BCUT2D eigenvalue weighted by Crippen LogP contribution is -2.29. The molecule has 1 aliphatic heterocycles. The Morgan fingerprint density at radius 1 is 1.34 bits per heavy atom. The van der Waals surface area contributed by atoms with E-state index in [-0.39, 0.29) is 33.5 Å². The van der Waals surface area contributed by atoms with Crippen molar-refractivity contribution in [2.75, 3.05) is 16.8 Å². The lowest BCUT2D eigenvalue weighted by atomic mass is 10.2. The van der Waals surface area contributed by atoms with E-state index in [4.69, 9.17) is 39.5 Å². The Balaban J connectivity index is 1.63. The van der Waals surface area contributed by atoms with E-state index in [1.807, 2.05) is 0 Å². The Morgan fingerprint density at radius 3 is 2.69 bits per heavy atom. The third-order valence-electron chi connectivity index (χ3n) is 4.72. The molecule has 32 heavy (non-hydrogen) atoms. The van der Waals surface area contributed by atoms with Gasteiger partial charge in [0.25, 0.3) is 5.91 Å². The van der Waals surface area contributed by atoms with Crippen LogP contribution >= 0.6 is 34.8 Å². The molecule has 1 N–H and O–H groups in total. The lowest BCUT2D eigenvalue weighted by molar-refractivity contribution is -0.148. The summed E-state index contributed by atoms with van der Waals surface area (Å²) in [4.78, 5) is 28.3. The van der Waals surface area contributed by atoms with E-state index in [0.29, 0.717) is 22.7 Å². The van der Waals surface area contributed by atoms with Crippen molar-refractivity contribution < 1.29 is 22.7 Å². The van der Waals surface area contributed by atoms with E-state index in [0.717, 1.165) is 6.08 Å². The summed E-state index contributed by atoms with van der Waals surface area (Å²) in [5.74, 6) is -1.27. The van der Waals surface area contributed by atoms with Gasteiger partial charge in [0.2, 0.25) is 0 Å². The number of nitrogens with one attached hydrogen (secondary N) is 1. The Bertz CT molecular complexity index is 1200. The van der Waals surface area contributed by atoms with Gasteiger partial charge in [-0.25, -0.2) is 22.9 Å².